The molecule has 0 aliphatic carbocycles. The van der Waals surface area contributed by atoms with Crippen molar-refractivity contribution >= 4 is 87.2 Å². The van der Waals surface area contributed by atoms with Gasteiger partial charge in [-0.25, -0.2) is 4.98 Å². The minimum atomic E-state index is 0.379. The molecule has 0 saturated heterocycles. The maximum Gasteiger partial charge on any atom is 0.158 e. The fourth-order valence-electron chi connectivity index (χ4n) is 11.0. The molecule has 0 radical (unpaired) electrons. The summed E-state index contributed by atoms with van der Waals surface area (Å²) < 4.78 is 8.96. The van der Waals surface area contributed by atoms with E-state index in [0.29, 0.717) is 33.9 Å². The lowest BCUT2D eigenvalue weighted by Crippen LogP contribution is -2.10. The van der Waals surface area contributed by atoms with Crippen LogP contribution in [0.2, 0.25) is 0 Å². The number of fused-ring (bicyclic) bond motifs is 12. The highest BCUT2D eigenvalue weighted by atomic mass is 15.1. The zero-order valence-corrected chi connectivity index (χ0v) is 36.3. The van der Waals surface area contributed by atoms with Crippen molar-refractivity contribution in [1.82, 2.24) is 23.3 Å². The first-order valence-electron chi connectivity index (χ1n) is 22.7. The quantitative estimate of drug-likeness (QED) is 0.173. The smallest absolute Gasteiger partial charge is 0.158 e. The molecule has 0 amide bonds. The van der Waals surface area contributed by atoms with E-state index >= 15 is 0 Å². The average molecular weight is 866 g/mol. The molecule has 0 aliphatic heterocycles. The third kappa shape index (κ3) is 5.18. The molecule has 5 heterocycles. The molecule has 0 atom stereocenters. The van der Waals surface area contributed by atoms with Crippen molar-refractivity contribution in [2.24, 2.45) is 0 Å². The number of nitriles is 2. The van der Waals surface area contributed by atoms with Gasteiger partial charge in [0.25, 0.3) is 0 Å². The predicted molar refractivity (Wildman–Crippen MR) is 276 cm³/mol. The van der Waals surface area contributed by atoms with Gasteiger partial charge >= 0.3 is 0 Å². The van der Waals surface area contributed by atoms with Gasteiger partial charge in [0.05, 0.1) is 72.7 Å². The van der Waals surface area contributed by atoms with E-state index in [4.69, 9.17) is 4.98 Å². The molecule has 9 aromatic carbocycles. The van der Waals surface area contributed by atoms with Crippen LogP contribution in [-0.2, 0) is 0 Å². The lowest BCUT2D eigenvalue weighted by molar-refractivity contribution is 1.01. The van der Waals surface area contributed by atoms with Crippen molar-refractivity contribution in [2.45, 2.75) is 0 Å². The SMILES string of the molecule is N#Cc1cc(-n2c3ccccc3c3ccccc32)c(-n2c3ccccc3c3ccccc32)cc1-c1cc(C#N)c(-n2c3ccccc3c3ccccc32)nc1-n1c2ccccc2c2ccccc21. The highest BCUT2D eigenvalue weighted by molar-refractivity contribution is 6.13. The molecule has 7 heteroatoms. The van der Waals surface area contributed by atoms with Crippen molar-refractivity contribution in [3.8, 4) is 46.3 Å². The van der Waals surface area contributed by atoms with Crippen LogP contribution in [0.1, 0.15) is 11.1 Å². The summed E-state index contributed by atoms with van der Waals surface area (Å²) in [6.07, 6.45) is 0. The van der Waals surface area contributed by atoms with E-state index in [2.05, 4.69) is 206 Å². The van der Waals surface area contributed by atoms with Gasteiger partial charge in [0, 0.05) is 54.2 Å². The van der Waals surface area contributed by atoms with Gasteiger partial charge in [-0.3, -0.25) is 9.13 Å². The van der Waals surface area contributed by atoms with E-state index < -0.39 is 0 Å². The Morgan fingerprint density at radius 1 is 0.279 bits per heavy atom. The first-order chi connectivity index (χ1) is 33.7. The standard InChI is InChI=1S/C61H35N7/c62-36-38-34-58(65-50-25-9-1-17-40(50)41-18-2-10-26-51(41)65)59(66-52-27-11-3-19-42(52)43-20-4-12-28-53(43)66)35-48(38)49-33-39(37-63)60(67-54-29-13-5-21-44(54)45-22-6-14-30-55(45)67)64-61(49)68-56-31-15-7-23-46(56)47-24-8-16-32-57(47)68/h1-35H. The maximum absolute atomic E-state index is 11.6. The molecule has 7 nitrogen and oxygen atoms in total. The summed E-state index contributed by atoms with van der Waals surface area (Å²) in [6.45, 7) is 0. The summed E-state index contributed by atoms with van der Waals surface area (Å²) in [4.78, 5) is 5.71. The zero-order chi connectivity index (χ0) is 45.0. The molecule has 68 heavy (non-hydrogen) atoms. The Hall–Kier alpha value is -9.69. The lowest BCUT2D eigenvalue weighted by Gasteiger charge is -2.21. The van der Waals surface area contributed by atoms with E-state index in [0.717, 1.165) is 98.6 Å². The van der Waals surface area contributed by atoms with Crippen LogP contribution < -0.4 is 0 Å². The van der Waals surface area contributed by atoms with Crippen LogP contribution in [0.4, 0.5) is 0 Å². The van der Waals surface area contributed by atoms with Crippen LogP contribution in [0.15, 0.2) is 212 Å². The van der Waals surface area contributed by atoms with Crippen LogP contribution in [0.5, 0.6) is 0 Å². The molecule has 0 aliphatic rings. The van der Waals surface area contributed by atoms with Crippen molar-refractivity contribution in [1.29, 1.82) is 10.5 Å². The number of rotatable bonds is 5. The van der Waals surface area contributed by atoms with Crippen LogP contribution >= 0.6 is 0 Å². The minimum absolute atomic E-state index is 0.379. The summed E-state index contributed by atoms with van der Waals surface area (Å²) in [6, 6.07) is 78.7. The molecule has 0 fully saturated rings. The fraction of sp³-hybridized carbons (Fsp3) is 0. The molecule has 14 aromatic rings. The summed E-state index contributed by atoms with van der Waals surface area (Å²) >= 11 is 0. The van der Waals surface area contributed by atoms with Crippen LogP contribution in [0.25, 0.3) is 121 Å². The highest BCUT2D eigenvalue weighted by Gasteiger charge is 2.27. The maximum atomic E-state index is 11.6. The van der Waals surface area contributed by atoms with Crippen LogP contribution in [0.3, 0.4) is 0 Å². The second-order valence-corrected chi connectivity index (χ2v) is 17.3. The van der Waals surface area contributed by atoms with Gasteiger partial charge in [0.2, 0.25) is 0 Å². The van der Waals surface area contributed by atoms with Crippen LogP contribution in [0, 0.1) is 22.7 Å². The highest BCUT2D eigenvalue weighted by Crippen LogP contribution is 2.44. The second kappa shape index (κ2) is 14.4. The van der Waals surface area contributed by atoms with Crippen molar-refractivity contribution < 1.29 is 0 Å². The number of aromatic nitrogens is 5. The predicted octanol–water partition coefficient (Wildman–Crippen LogP) is 14.9. The molecule has 0 unspecified atom stereocenters. The normalized spacial score (nSPS) is 11.8. The van der Waals surface area contributed by atoms with Crippen molar-refractivity contribution in [3.63, 3.8) is 0 Å². The lowest BCUT2D eigenvalue weighted by atomic mass is 9.96. The van der Waals surface area contributed by atoms with Gasteiger partial charge in [-0.1, -0.05) is 146 Å². The van der Waals surface area contributed by atoms with Gasteiger partial charge in [-0.2, -0.15) is 10.5 Å². The van der Waals surface area contributed by atoms with Gasteiger partial charge in [-0.15, -0.1) is 0 Å². The van der Waals surface area contributed by atoms with Crippen molar-refractivity contribution in [2.75, 3.05) is 0 Å². The summed E-state index contributed by atoms with van der Waals surface area (Å²) in [7, 11) is 0. The van der Waals surface area contributed by atoms with Gasteiger partial charge < -0.3 is 9.13 Å². The Kier molecular flexibility index (Phi) is 7.98. The molecule has 314 valence electrons. The Labute approximate surface area is 389 Å². The third-order valence-electron chi connectivity index (χ3n) is 13.9. The molecule has 0 N–H and O–H groups in total. The number of nitrogens with zero attached hydrogens (tertiary/aromatic N) is 7. The number of hydrogen-bond donors (Lipinski definition) is 0. The number of hydrogen-bond acceptors (Lipinski definition) is 3. The summed E-state index contributed by atoms with van der Waals surface area (Å²) in [5, 5.41) is 31.7. The monoisotopic (exact) mass is 865 g/mol. The fourth-order valence-corrected chi connectivity index (χ4v) is 11.0. The van der Waals surface area contributed by atoms with Gasteiger partial charge in [-0.05, 0) is 66.7 Å². The van der Waals surface area contributed by atoms with E-state index in [1.54, 1.807) is 0 Å². The average Bonchev–Trinajstić information content (AvgIpc) is 4.13. The molecule has 14 rings (SSSR count). The largest absolute Gasteiger partial charge is 0.307 e. The second-order valence-electron chi connectivity index (χ2n) is 17.3. The Bertz CT molecular complexity index is 4330. The summed E-state index contributed by atoms with van der Waals surface area (Å²) in [5.74, 6) is 1.11. The van der Waals surface area contributed by atoms with Crippen LogP contribution in [-0.4, -0.2) is 23.3 Å². The Morgan fingerprint density at radius 2 is 0.559 bits per heavy atom. The Balaban J connectivity index is 1.17. The van der Waals surface area contributed by atoms with E-state index in [1.165, 1.54) is 0 Å². The van der Waals surface area contributed by atoms with E-state index in [9.17, 15) is 10.5 Å². The summed E-state index contributed by atoms with van der Waals surface area (Å²) in [5.41, 5.74) is 11.8. The molecular weight excluding hydrogens is 831 g/mol. The molecule has 0 bridgehead atoms. The van der Waals surface area contributed by atoms with Gasteiger partial charge in [0.15, 0.2) is 5.82 Å². The first kappa shape index (κ1) is 37.7. The van der Waals surface area contributed by atoms with E-state index in [-0.39, 0.29) is 0 Å². The number of benzene rings is 9. The number of para-hydroxylation sites is 8. The minimum Gasteiger partial charge on any atom is -0.307 e. The topological polar surface area (TPSA) is 80.2 Å². The molecular formula is C61H35N7. The van der Waals surface area contributed by atoms with Gasteiger partial charge in [0.1, 0.15) is 11.9 Å². The Morgan fingerprint density at radius 3 is 0.882 bits per heavy atom. The first-order valence-corrected chi connectivity index (χ1v) is 22.7. The molecule has 5 aromatic heterocycles. The number of pyridine rings is 1. The molecule has 0 spiro atoms. The third-order valence-corrected chi connectivity index (χ3v) is 13.9. The van der Waals surface area contributed by atoms with E-state index in [1.807, 2.05) is 36.4 Å². The van der Waals surface area contributed by atoms with Crippen molar-refractivity contribution in [3.05, 3.63) is 223 Å². The zero-order valence-electron chi connectivity index (χ0n) is 36.3. The molecule has 0 saturated carbocycles.